The van der Waals surface area contributed by atoms with Crippen LogP contribution in [-0.4, -0.2) is 42.4 Å². The smallest absolute Gasteiger partial charge is 0.337 e. The van der Waals surface area contributed by atoms with E-state index in [9.17, 15) is 19.2 Å². The molecule has 4 amide bonds. The van der Waals surface area contributed by atoms with Crippen molar-refractivity contribution in [3.05, 3.63) is 70.8 Å². The van der Waals surface area contributed by atoms with E-state index >= 15 is 0 Å². The molecule has 0 aromatic heterocycles. The highest BCUT2D eigenvalue weighted by Crippen LogP contribution is 2.29. The minimum absolute atomic E-state index is 0.195. The molecule has 168 valence electrons. The molecule has 8 nitrogen and oxygen atoms in total. The molecular formula is C24H27N3O5. The molecule has 2 aromatic rings. The Morgan fingerprint density at radius 3 is 2.25 bits per heavy atom. The van der Waals surface area contributed by atoms with Crippen molar-refractivity contribution in [2.75, 3.05) is 13.7 Å². The van der Waals surface area contributed by atoms with Crippen LogP contribution >= 0.6 is 0 Å². The van der Waals surface area contributed by atoms with Gasteiger partial charge in [0.25, 0.3) is 5.91 Å². The maximum absolute atomic E-state index is 13.0. The molecule has 1 unspecified atom stereocenters. The Hall–Kier alpha value is -3.68. The summed E-state index contributed by atoms with van der Waals surface area (Å²) in [6.45, 7) is 3.55. The zero-order valence-electron chi connectivity index (χ0n) is 18.4. The summed E-state index contributed by atoms with van der Waals surface area (Å²) < 4.78 is 4.65. The number of hydrogen-bond acceptors (Lipinski definition) is 5. The summed E-state index contributed by atoms with van der Waals surface area (Å²) in [5.74, 6) is -1.38. The predicted molar refractivity (Wildman–Crippen MR) is 118 cm³/mol. The first-order valence-electron chi connectivity index (χ1n) is 10.5. The molecule has 2 aromatic carbocycles. The molecule has 0 saturated carbocycles. The number of methoxy groups -OCH3 is 1. The van der Waals surface area contributed by atoms with Crippen LogP contribution in [0.1, 0.15) is 47.3 Å². The van der Waals surface area contributed by atoms with Gasteiger partial charge in [0.1, 0.15) is 12.1 Å². The predicted octanol–water partition coefficient (Wildman–Crippen LogP) is 2.51. The molecule has 1 aliphatic heterocycles. The fourth-order valence-electron chi connectivity index (χ4n) is 3.61. The number of benzene rings is 2. The van der Waals surface area contributed by atoms with Gasteiger partial charge in [-0.15, -0.1) is 0 Å². The molecule has 1 aliphatic rings. The van der Waals surface area contributed by atoms with Crippen LogP contribution in [-0.2, 0) is 32.8 Å². The van der Waals surface area contributed by atoms with Crippen LogP contribution in [0.2, 0.25) is 0 Å². The second-order valence-corrected chi connectivity index (χ2v) is 7.86. The number of ether oxygens (including phenoxy) is 1. The van der Waals surface area contributed by atoms with E-state index in [1.807, 2.05) is 24.3 Å². The lowest BCUT2D eigenvalue weighted by molar-refractivity contribution is -0.134. The molecule has 3 rings (SSSR count). The lowest BCUT2D eigenvalue weighted by Gasteiger charge is -2.22. The fourth-order valence-corrected chi connectivity index (χ4v) is 3.61. The molecule has 1 heterocycles. The van der Waals surface area contributed by atoms with Crippen LogP contribution in [0, 0.1) is 0 Å². The number of carbonyl (C=O) groups is 4. The Morgan fingerprint density at radius 2 is 1.66 bits per heavy atom. The summed E-state index contributed by atoms with van der Waals surface area (Å²) >= 11 is 0. The highest BCUT2D eigenvalue weighted by molar-refractivity contribution is 6.09. The van der Waals surface area contributed by atoms with Crippen molar-refractivity contribution >= 4 is 23.8 Å². The highest BCUT2D eigenvalue weighted by atomic mass is 16.5. The number of nitrogens with zero attached hydrogens (tertiary/aromatic N) is 1. The molecule has 8 heteroatoms. The lowest BCUT2D eigenvalue weighted by atomic mass is 9.91. The maximum atomic E-state index is 13.0. The van der Waals surface area contributed by atoms with Crippen LogP contribution in [0.5, 0.6) is 0 Å². The van der Waals surface area contributed by atoms with Crippen molar-refractivity contribution in [2.24, 2.45) is 0 Å². The Morgan fingerprint density at radius 1 is 1.03 bits per heavy atom. The Balaban J connectivity index is 1.61. The molecule has 1 fully saturated rings. The Labute approximate surface area is 186 Å². The van der Waals surface area contributed by atoms with E-state index in [4.69, 9.17) is 0 Å². The third-order valence-electron chi connectivity index (χ3n) is 5.51. The van der Waals surface area contributed by atoms with Gasteiger partial charge in [-0.3, -0.25) is 14.5 Å². The average Bonchev–Trinajstić information content (AvgIpc) is 3.02. The SMILES string of the molecule is CCCc1ccc(C2(C)NC(=O)N(CC(=O)NCc3ccc(C(=O)OC)cc3)C2=O)cc1. The first-order chi connectivity index (χ1) is 15.3. The van der Waals surface area contributed by atoms with E-state index in [-0.39, 0.29) is 13.1 Å². The van der Waals surface area contributed by atoms with Gasteiger partial charge >= 0.3 is 12.0 Å². The zero-order valence-corrected chi connectivity index (χ0v) is 18.4. The van der Waals surface area contributed by atoms with Crippen LogP contribution < -0.4 is 10.6 Å². The van der Waals surface area contributed by atoms with E-state index < -0.39 is 29.4 Å². The summed E-state index contributed by atoms with van der Waals surface area (Å²) in [7, 11) is 1.30. The monoisotopic (exact) mass is 437 g/mol. The van der Waals surface area contributed by atoms with Gasteiger partial charge in [0.05, 0.1) is 12.7 Å². The molecule has 32 heavy (non-hydrogen) atoms. The van der Waals surface area contributed by atoms with Crippen molar-refractivity contribution in [2.45, 2.75) is 38.8 Å². The second-order valence-electron chi connectivity index (χ2n) is 7.86. The third kappa shape index (κ3) is 4.80. The standard InChI is InChI=1S/C24H27N3O5/c1-4-5-16-8-12-19(13-9-16)24(2)22(30)27(23(31)26-24)15-20(28)25-14-17-6-10-18(11-7-17)21(29)32-3/h6-13H,4-5,14-15H2,1-3H3,(H,25,28)(H,26,31). The van der Waals surface area contributed by atoms with Crippen LogP contribution in [0.4, 0.5) is 4.79 Å². The number of imide groups is 1. The first-order valence-corrected chi connectivity index (χ1v) is 10.5. The fraction of sp³-hybridized carbons (Fsp3) is 0.333. The number of esters is 1. The molecule has 1 saturated heterocycles. The van der Waals surface area contributed by atoms with Gasteiger partial charge in [0.2, 0.25) is 5.91 Å². The highest BCUT2D eigenvalue weighted by Gasteiger charge is 2.49. The quantitative estimate of drug-likeness (QED) is 0.488. The van der Waals surface area contributed by atoms with Crippen LogP contribution in [0.25, 0.3) is 0 Å². The van der Waals surface area contributed by atoms with Crippen molar-refractivity contribution in [3.63, 3.8) is 0 Å². The molecule has 0 aliphatic carbocycles. The number of carbonyl (C=O) groups excluding carboxylic acids is 4. The van der Waals surface area contributed by atoms with Gasteiger partial charge in [-0.2, -0.15) is 0 Å². The normalized spacial score (nSPS) is 17.8. The minimum atomic E-state index is -1.22. The van der Waals surface area contributed by atoms with Crippen molar-refractivity contribution in [3.8, 4) is 0 Å². The number of urea groups is 1. The van der Waals surface area contributed by atoms with Gasteiger partial charge in [0.15, 0.2) is 0 Å². The van der Waals surface area contributed by atoms with Crippen molar-refractivity contribution in [1.82, 2.24) is 15.5 Å². The summed E-state index contributed by atoms with van der Waals surface area (Å²) in [6, 6.07) is 13.6. The maximum Gasteiger partial charge on any atom is 0.337 e. The van der Waals surface area contributed by atoms with Crippen LogP contribution in [0.3, 0.4) is 0 Å². The molecule has 0 spiro atoms. The van der Waals surface area contributed by atoms with Gasteiger partial charge in [-0.1, -0.05) is 49.7 Å². The van der Waals surface area contributed by atoms with E-state index in [2.05, 4.69) is 22.3 Å². The van der Waals surface area contributed by atoms with Crippen molar-refractivity contribution < 1.29 is 23.9 Å². The van der Waals surface area contributed by atoms with Crippen molar-refractivity contribution in [1.29, 1.82) is 0 Å². The Bertz CT molecular complexity index is 1020. The number of nitrogens with one attached hydrogen (secondary N) is 2. The van der Waals surface area contributed by atoms with E-state index in [1.165, 1.54) is 7.11 Å². The largest absolute Gasteiger partial charge is 0.465 e. The van der Waals surface area contributed by atoms with Gasteiger partial charge in [-0.05, 0) is 42.2 Å². The van der Waals surface area contributed by atoms with Gasteiger partial charge in [0, 0.05) is 6.54 Å². The Kier molecular flexibility index (Phi) is 6.92. The van der Waals surface area contributed by atoms with E-state index in [1.54, 1.807) is 31.2 Å². The van der Waals surface area contributed by atoms with Crippen LogP contribution in [0.15, 0.2) is 48.5 Å². The average molecular weight is 437 g/mol. The minimum Gasteiger partial charge on any atom is -0.465 e. The van der Waals surface area contributed by atoms with E-state index in [0.717, 1.165) is 28.9 Å². The summed E-state index contributed by atoms with van der Waals surface area (Å²) in [5, 5.41) is 5.40. The van der Waals surface area contributed by atoms with Gasteiger partial charge in [-0.25, -0.2) is 9.59 Å². The van der Waals surface area contributed by atoms with Gasteiger partial charge < -0.3 is 15.4 Å². The molecule has 0 radical (unpaired) electrons. The molecule has 2 N–H and O–H groups in total. The number of rotatable bonds is 8. The third-order valence-corrected chi connectivity index (χ3v) is 5.51. The first kappa shape index (κ1) is 23.0. The van der Waals surface area contributed by atoms with E-state index in [0.29, 0.717) is 11.1 Å². The summed E-state index contributed by atoms with van der Waals surface area (Å²) in [6.07, 6.45) is 1.96. The molecule has 1 atom stereocenters. The molecular weight excluding hydrogens is 410 g/mol. The second kappa shape index (κ2) is 9.64. The lowest BCUT2D eigenvalue weighted by Crippen LogP contribution is -2.43. The zero-order chi connectivity index (χ0) is 23.3. The number of amides is 4. The number of hydrogen-bond donors (Lipinski definition) is 2. The summed E-state index contributed by atoms with van der Waals surface area (Å²) in [4.78, 5) is 50.3. The topological polar surface area (TPSA) is 105 Å². The number of aryl methyl sites for hydroxylation is 1. The summed E-state index contributed by atoms with van der Waals surface area (Å²) in [5.41, 5.74) is 1.78. The molecule has 0 bridgehead atoms.